The van der Waals surface area contributed by atoms with Gasteiger partial charge in [0.2, 0.25) is 0 Å². The standard InChI is InChI=1S/C12H16N2O/c1-3-4-8-15-11-7-5-6-10-12(11)9(2)13-14-10/h5-7H,3-4,8H2,1-2H3,(H,13,14). The molecule has 1 aromatic heterocycles. The predicted octanol–water partition coefficient (Wildman–Crippen LogP) is 3.05. The number of unbranched alkanes of at least 4 members (excludes halogenated alkanes) is 1. The first kappa shape index (κ1) is 10.0. The van der Waals surface area contributed by atoms with Gasteiger partial charge in [-0.3, -0.25) is 5.10 Å². The summed E-state index contributed by atoms with van der Waals surface area (Å²) in [6, 6.07) is 5.97. The van der Waals surface area contributed by atoms with Gasteiger partial charge in [-0.2, -0.15) is 5.10 Å². The average Bonchev–Trinajstić information content (AvgIpc) is 2.62. The molecule has 15 heavy (non-hydrogen) atoms. The zero-order valence-corrected chi connectivity index (χ0v) is 9.21. The molecule has 0 unspecified atom stereocenters. The third kappa shape index (κ3) is 1.96. The first-order valence-electron chi connectivity index (χ1n) is 5.39. The summed E-state index contributed by atoms with van der Waals surface area (Å²) in [7, 11) is 0. The number of aromatic amines is 1. The molecule has 0 bridgehead atoms. The van der Waals surface area contributed by atoms with Crippen LogP contribution in [0.5, 0.6) is 5.75 Å². The van der Waals surface area contributed by atoms with E-state index >= 15 is 0 Å². The van der Waals surface area contributed by atoms with Crippen LogP contribution in [0.3, 0.4) is 0 Å². The highest BCUT2D eigenvalue weighted by molar-refractivity contribution is 5.87. The van der Waals surface area contributed by atoms with Gasteiger partial charge >= 0.3 is 0 Å². The molecule has 3 heteroatoms. The summed E-state index contributed by atoms with van der Waals surface area (Å²) in [5.41, 5.74) is 2.04. The number of fused-ring (bicyclic) bond motifs is 1. The molecule has 0 atom stereocenters. The van der Waals surface area contributed by atoms with E-state index in [0.29, 0.717) is 0 Å². The van der Waals surface area contributed by atoms with Gasteiger partial charge in [-0.25, -0.2) is 0 Å². The van der Waals surface area contributed by atoms with Crippen molar-refractivity contribution in [1.82, 2.24) is 10.2 Å². The Morgan fingerprint density at radius 1 is 1.40 bits per heavy atom. The number of nitrogens with one attached hydrogen (secondary N) is 1. The summed E-state index contributed by atoms with van der Waals surface area (Å²) < 4.78 is 5.74. The number of benzene rings is 1. The summed E-state index contributed by atoms with van der Waals surface area (Å²) in [4.78, 5) is 0. The van der Waals surface area contributed by atoms with Gasteiger partial charge in [0.25, 0.3) is 0 Å². The van der Waals surface area contributed by atoms with E-state index in [1.165, 1.54) is 0 Å². The SMILES string of the molecule is CCCCOc1cccc2n[nH]c(C)c12. The van der Waals surface area contributed by atoms with Crippen molar-refractivity contribution in [2.45, 2.75) is 26.7 Å². The highest BCUT2D eigenvalue weighted by Crippen LogP contribution is 2.26. The first-order valence-corrected chi connectivity index (χ1v) is 5.39. The van der Waals surface area contributed by atoms with Crippen LogP contribution in [0.1, 0.15) is 25.5 Å². The Bertz CT molecular complexity index is 448. The lowest BCUT2D eigenvalue weighted by Gasteiger charge is -2.06. The largest absolute Gasteiger partial charge is 0.493 e. The highest BCUT2D eigenvalue weighted by atomic mass is 16.5. The van der Waals surface area contributed by atoms with Gasteiger partial charge in [0.1, 0.15) is 5.75 Å². The predicted molar refractivity (Wildman–Crippen MR) is 61.2 cm³/mol. The molecule has 0 radical (unpaired) electrons. The van der Waals surface area contributed by atoms with Gasteiger partial charge in [-0.1, -0.05) is 19.4 Å². The van der Waals surface area contributed by atoms with Gasteiger partial charge < -0.3 is 4.74 Å². The minimum Gasteiger partial charge on any atom is -0.493 e. The van der Waals surface area contributed by atoms with E-state index in [1.807, 2.05) is 25.1 Å². The van der Waals surface area contributed by atoms with E-state index < -0.39 is 0 Å². The molecule has 1 heterocycles. The van der Waals surface area contributed by atoms with Crippen molar-refractivity contribution in [2.24, 2.45) is 0 Å². The number of ether oxygens (including phenoxy) is 1. The van der Waals surface area contributed by atoms with Crippen molar-refractivity contribution in [1.29, 1.82) is 0 Å². The fourth-order valence-electron chi connectivity index (χ4n) is 1.64. The smallest absolute Gasteiger partial charge is 0.130 e. The molecule has 0 fully saturated rings. The van der Waals surface area contributed by atoms with Crippen molar-refractivity contribution in [3.05, 3.63) is 23.9 Å². The molecule has 1 N–H and O–H groups in total. The van der Waals surface area contributed by atoms with Crippen molar-refractivity contribution in [2.75, 3.05) is 6.61 Å². The summed E-state index contributed by atoms with van der Waals surface area (Å²) >= 11 is 0. The Balaban J connectivity index is 2.29. The molecule has 80 valence electrons. The van der Waals surface area contributed by atoms with E-state index in [2.05, 4.69) is 17.1 Å². The van der Waals surface area contributed by atoms with E-state index in [4.69, 9.17) is 4.74 Å². The van der Waals surface area contributed by atoms with E-state index in [0.717, 1.165) is 41.8 Å². The van der Waals surface area contributed by atoms with Crippen LogP contribution < -0.4 is 4.74 Å². The summed E-state index contributed by atoms with van der Waals surface area (Å²) in [6.07, 6.45) is 2.24. The van der Waals surface area contributed by atoms with Crippen molar-refractivity contribution in [3.8, 4) is 5.75 Å². The van der Waals surface area contributed by atoms with Gasteiger partial charge in [0.15, 0.2) is 0 Å². The monoisotopic (exact) mass is 204 g/mol. The van der Waals surface area contributed by atoms with E-state index in [1.54, 1.807) is 0 Å². The Hall–Kier alpha value is -1.51. The molecule has 2 aromatic rings. The number of aryl methyl sites for hydroxylation is 1. The number of nitrogens with zero attached hydrogens (tertiary/aromatic N) is 1. The highest BCUT2D eigenvalue weighted by Gasteiger charge is 2.07. The molecular formula is C12H16N2O. The second kappa shape index (κ2) is 4.34. The zero-order chi connectivity index (χ0) is 10.7. The molecule has 0 amide bonds. The number of H-pyrrole nitrogens is 1. The molecule has 3 nitrogen and oxygen atoms in total. The lowest BCUT2D eigenvalue weighted by Crippen LogP contribution is -1.96. The zero-order valence-electron chi connectivity index (χ0n) is 9.21. The Morgan fingerprint density at radius 3 is 3.07 bits per heavy atom. The first-order chi connectivity index (χ1) is 7.33. The maximum Gasteiger partial charge on any atom is 0.130 e. The maximum absolute atomic E-state index is 5.74. The van der Waals surface area contributed by atoms with Crippen molar-refractivity contribution >= 4 is 10.9 Å². The molecule has 0 saturated heterocycles. The number of rotatable bonds is 4. The number of hydrogen-bond acceptors (Lipinski definition) is 2. The fraction of sp³-hybridized carbons (Fsp3) is 0.417. The molecule has 0 aliphatic rings. The molecule has 0 spiro atoms. The van der Waals surface area contributed by atoms with Crippen molar-refractivity contribution in [3.63, 3.8) is 0 Å². The van der Waals surface area contributed by atoms with Crippen LogP contribution in [0.4, 0.5) is 0 Å². The Labute approximate surface area is 89.4 Å². The van der Waals surface area contributed by atoms with Crippen LogP contribution >= 0.6 is 0 Å². The average molecular weight is 204 g/mol. The number of aromatic nitrogens is 2. The van der Waals surface area contributed by atoms with Crippen LogP contribution in [0, 0.1) is 6.92 Å². The lowest BCUT2D eigenvalue weighted by molar-refractivity contribution is 0.313. The van der Waals surface area contributed by atoms with Crippen LogP contribution in [0.2, 0.25) is 0 Å². The topological polar surface area (TPSA) is 37.9 Å². The fourth-order valence-corrected chi connectivity index (χ4v) is 1.64. The maximum atomic E-state index is 5.74. The molecule has 0 aliphatic carbocycles. The third-order valence-corrected chi connectivity index (χ3v) is 2.48. The Morgan fingerprint density at radius 2 is 2.27 bits per heavy atom. The summed E-state index contributed by atoms with van der Waals surface area (Å²) in [5.74, 6) is 0.937. The van der Waals surface area contributed by atoms with Crippen molar-refractivity contribution < 1.29 is 4.74 Å². The summed E-state index contributed by atoms with van der Waals surface area (Å²) in [6.45, 7) is 4.95. The normalized spacial score (nSPS) is 10.8. The van der Waals surface area contributed by atoms with Crippen LogP contribution in [-0.4, -0.2) is 16.8 Å². The van der Waals surface area contributed by atoms with Gasteiger partial charge in [0, 0.05) is 5.69 Å². The van der Waals surface area contributed by atoms with Gasteiger partial charge in [-0.05, 0) is 25.5 Å². The summed E-state index contributed by atoms with van der Waals surface area (Å²) in [5, 5.41) is 8.28. The van der Waals surface area contributed by atoms with Crippen LogP contribution in [-0.2, 0) is 0 Å². The molecule has 0 aliphatic heterocycles. The molecule has 2 rings (SSSR count). The quantitative estimate of drug-likeness (QED) is 0.777. The minimum atomic E-state index is 0.778. The molecule has 0 saturated carbocycles. The third-order valence-electron chi connectivity index (χ3n) is 2.48. The van der Waals surface area contributed by atoms with Gasteiger partial charge in [0.05, 0.1) is 17.5 Å². The van der Waals surface area contributed by atoms with E-state index in [-0.39, 0.29) is 0 Å². The second-order valence-corrected chi connectivity index (χ2v) is 3.70. The van der Waals surface area contributed by atoms with Crippen LogP contribution in [0.25, 0.3) is 10.9 Å². The lowest BCUT2D eigenvalue weighted by atomic mass is 10.2. The second-order valence-electron chi connectivity index (χ2n) is 3.70. The Kier molecular flexibility index (Phi) is 2.90. The molecular weight excluding hydrogens is 188 g/mol. The molecule has 1 aromatic carbocycles. The van der Waals surface area contributed by atoms with Gasteiger partial charge in [-0.15, -0.1) is 0 Å². The number of hydrogen-bond donors (Lipinski definition) is 1. The van der Waals surface area contributed by atoms with E-state index in [9.17, 15) is 0 Å². The minimum absolute atomic E-state index is 0.778. The van der Waals surface area contributed by atoms with Crippen LogP contribution in [0.15, 0.2) is 18.2 Å².